The second-order valence-electron chi connectivity index (χ2n) is 9.62. The number of aromatic nitrogens is 2. The minimum atomic E-state index is -0.486. The fraction of sp³-hybridized carbons (Fsp3) is 0.565. The normalized spacial score (nSPS) is 20.3. The van der Waals surface area contributed by atoms with Crippen LogP contribution in [0.5, 0.6) is 0 Å². The summed E-state index contributed by atoms with van der Waals surface area (Å²) in [4.78, 5) is 39.6. The van der Waals surface area contributed by atoms with Crippen molar-refractivity contribution in [3.63, 3.8) is 0 Å². The number of anilines is 1. The Kier molecular flexibility index (Phi) is 6.08. The predicted molar refractivity (Wildman–Crippen MR) is 120 cm³/mol. The molecular weight excluding hydrogens is 410 g/mol. The summed E-state index contributed by atoms with van der Waals surface area (Å²) in [5, 5.41) is 6.73. The number of carbonyl (C=O) groups excluding carboxylic acids is 3. The van der Waals surface area contributed by atoms with E-state index in [0.29, 0.717) is 24.7 Å². The number of imide groups is 1. The van der Waals surface area contributed by atoms with Gasteiger partial charge in [-0.2, -0.15) is 5.10 Å². The summed E-state index contributed by atoms with van der Waals surface area (Å²) in [7, 11) is 0. The van der Waals surface area contributed by atoms with Crippen LogP contribution in [0.3, 0.4) is 0 Å². The van der Waals surface area contributed by atoms with E-state index in [1.807, 2.05) is 31.9 Å². The topological polar surface area (TPSA) is 96.2 Å². The van der Waals surface area contributed by atoms with Crippen molar-refractivity contribution < 1.29 is 19.1 Å². The molecule has 0 aromatic carbocycles. The summed E-state index contributed by atoms with van der Waals surface area (Å²) in [5.41, 5.74) is 2.23. The Morgan fingerprint density at radius 1 is 1.22 bits per heavy atom. The zero-order chi connectivity index (χ0) is 22.9. The molecule has 1 N–H and O–H groups in total. The van der Waals surface area contributed by atoms with Gasteiger partial charge in [0.2, 0.25) is 5.91 Å². The van der Waals surface area contributed by atoms with Gasteiger partial charge in [0.1, 0.15) is 5.60 Å². The van der Waals surface area contributed by atoms with E-state index < -0.39 is 11.6 Å². The zero-order valence-corrected chi connectivity index (χ0v) is 19.0. The third-order valence-electron chi connectivity index (χ3n) is 5.93. The van der Waals surface area contributed by atoms with E-state index in [1.54, 1.807) is 15.6 Å². The molecule has 9 heteroatoms. The lowest BCUT2D eigenvalue weighted by atomic mass is 9.93. The fourth-order valence-corrected chi connectivity index (χ4v) is 4.35. The Morgan fingerprint density at radius 2 is 2.03 bits per heavy atom. The number of urea groups is 1. The van der Waals surface area contributed by atoms with E-state index in [1.165, 1.54) is 5.56 Å². The number of pyridine rings is 1. The standard InChI is InChI=1S/C23H31N5O4/c1-23(2,3)32-22(31)26-9-4-5-16(6-10-26)13-17-7-12-28-18(14-17)19(15-24-28)27-11-8-20(29)25-21(27)30/h7,12,14-16H,4-6,8-11,13H2,1-3H3,(H,25,29,30). The summed E-state index contributed by atoms with van der Waals surface area (Å²) in [5.74, 6) is 0.212. The number of hydrogen-bond acceptors (Lipinski definition) is 5. The lowest BCUT2D eigenvalue weighted by molar-refractivity contribution is -0.120. The Balaban J connectivity index is 1.44. The fourth-order valence-electron chi connectivity index (χ4n) is 4.35. The Labute approximate surface area is 187 Å². The Bertz CT molecular complexity index is 1030. The predicted octanol–water partition coefficient (Wildman–Crippen LogP) is 3.36. The van der Waals surface area contributed by atoms with Crippen LogP contribution in [0.1, 0.15) is 52.0 Å². The number of amides is 4. The molecule has 2 aromatic heterocycles. The van der Waals surface area contributed by atoms with Crippen LogP contribution in [0.2, 0.25) is 0 Å². The average Bonchev–Trinajstić information content (AvgIpc) is 2.96. The van der Waals surface area contributed by atoms with Crippen LogP contribution in [0.25, 0.3) is 5.52 Å². The number of nitrogens with one attached hydrogen (secondary N) is 1. The molecule has 2 aliphatic rings. The van der Waals surface area contributed by atoms with Crippen molar-refractivity contribution in [1.29, 1.82) is 0 Å². The minimum Gasteiger partial charge on any atom is -0.444 e. The van der Waals surface area contributed by atoms with Gasteiger partial charge in [-0.3, -0.25) is 15.0 Å². The summed E-state index contributed by atoms with van der Waals surface area (Å²) < 4.78 is 7.28. The van der Waals surface area contributed by atoms with Crippen LogP contribution >= 0.6 is 0 Å². The van der Waals surface area contributed by atoms with Crippen LogP contribution in [-0.2, 0) is 16.0 Å². The van der Waals surface area contributed by atoms with Crippen molar-refractivity contribution in [3.05, 3.63) is 30.1 Å². The SMILES string of the molecule is CC(C)(C)OC(=O)N1CCCC(Cc2ccn3ncc(N4CCC(=O)NC4=O)c3c2)CC1. The number of nitrogens with zero attached hydrogens (tertiary/aromatic N) is 4. The van der Waals surface area contributed by atoms with Crippen LogP contribution in [0, 0.1) is 5.92 Å². The number of likely N-dealkylation sites (tertiary alicyclic amines) is 1. The molecule has 4 heterocycles. The van der Waals surface area contributed by atoms with Gasteiger partial charge in [-0.1, -0.05) is 0 Å². The van der Waals surface area contributed by atoms with Gasteiger partial charge < -0.3 is 9.64 Å². The van der Waals surface area contributed by atoms with Crippen molar-refractivity contribution in [1.82, 2.24) is 19.8 Å². The van der Waals surface area contributed by atoms with E-state index in [4.69, 9.17) is 4.74 Å². The monoisotopic (exact) mass is 441 g/mol. The summed E-state index contributed by atoms with van der Waals surface area (Å²) in [6.45, 7) is 7.42. The molecule has 4 rings (SSSR count). The van der Waals surface area contributed by atoms with Gasteiger partial charge in [-0.15, -0.1) is 0 Å². The molecule has 32 heavy (non-hydrogen) atoms. The average molecular weight is 442 g/mol. The second kappa shape index (κ2) is 8.80. The van der Waals surface area contributed by atoms with Gasteiger partial charge in [-0.05, 0) is 70.1 Å². The van der Waals surface area contributed by atoms with Gasteiger partial charge in [0.05, 0.1) is 17.4 Å². The molecule has 0 radical (unpaired) electrons. The van der Waals surface area contributed by atoms with Crippen LogP contribution in [-0.4, -0.2) is 57.8 Å². The molecule has 172 valence electrons. The minimum absolute atomic E-state index is 0.234. The van der Waals surface area contributed by atoms with Crippen LogP contribution in [0.15, 0.2) is 24.5 Å². The Morgan fingerprint density at radius 3 is 2.78 bits per heavy atom. The number of ether oxygens (including phenoxy) is 1. The molecule has 2 fully saturated rings. The molecule has 0 aliphatic carbocycles. The van der Waals surface area contributed by atoms with Crippen LogP contribution < -0.4 is 10.2 Å². The zero-order valence-electron chi connectivity index (χ0n) is 19.0. The molecule has 1 unspecified atom stereocenters. The molecule has 1 atom stereocenters. The summed E-state index contributed by atoms with van der Waals surface area (Å²) >= 11 is 0. The highest BCUT2D eigenvalue weighted by molar-refractivity contribution is 6.07. The largest absolute Gasteiger partial charge is 0.444 e. The Hall–Kier alpha value is -3.10. The first-order valence-electron chi connectivity index (χ1n) is 11.3. The van der Waals surface area contributed by atoms with Gasteiger partial charge in [0.25, 0.3) is 0 Å². The molecule has 9 nitrogen and oxygen atoms in total. The smallest absolute Gasteiger partial charge is 0.410 e. The highest BCUT2D eigenvalue weighted by Gasteiger charge is 2.27. The lowest BCUT2D eigenvalue weighted by Gasteiger charge is -2.26. The maximum atomic E-state index is 12.4. The van der Waals surface area contributed by atoms with Crippen molar-refractivity contribution >= 4 is 29.2 Å². The van der Waals surface area contributed by atoms with Gasteiger partial charge in [0, 0.05) is 32.3 Å². The van der Waals surface area contributed by atoms with E-state index in [2.05, 4.69) is 22.5 Å². The highest BCUT2D eigenvalue weighted by Crippen LogP contribution is 2.27. The molecule has 2 aliphatic heterocycles. The van der Waals surface area contributed by atoms with Crippen molar-refractivity contribution in [2.45, 2.75) is 58.5 Å². The maximum absolute atomic E-state index is 12.4. The van der Waals surface area contributed by atoms with Crippen molar-refractivity contribution in [2.24, 2.45) is 5.92 Å². The maximum Gasteiger partial charge on any atom is 0.410 e. The second-order valence-corrected chi connectivity index (χ2v) is 9.62. The van der Waals surface area contributed by atoms with E-state index >= 15 is 0 Å². The lowest BCUT2D eigenvalue weighted by Crippen LogP contribution is -2.49. The molecule has 4 amide bonds. The highest BCUT2D eigenvalue weighted by atomic mass is 16.6. The van der Waals surface area contributed by atoms with E-state index in [0.717, 1.165) is 37.7 Å². The van der Waals surface area contributed by atoms with Gasteiger partial charge >= 0.3 is 12.1 Å². The van der Waals surface area contributed by atoms with Crippen molar-refractivity contribution in [2.75, 3.05) is 24.5 Å². The number of rotatable bonds is 3. The van der Waals surface area contributed by atoms with Crippen LogP contribution in [0.4, 0.5) is 15.3 Å². The van der Waals surface area contributed by atoms with Gasteiger partial charge in [0.15, 0.2) is 0 Å². The summed E-state index contributed by atoms with van der Waals surface area (Å²) in [6.07, 6.45) is 7.44. The molecule has 2 saturated heterocycles. The third kappa shape index (κ3) is 5.03. The molecule has 0 bridgehead atoms. The number of hydrogen-bond donors (Lipinski definition) is 1. The summed E-state index contributed by atoms with van der Waals surface area (Å²) in [6, 6.07) is 3.72. The molecule has 0 spiro atoms. The first-order valence-corrected chi connectivity index (χ1v) is 11.3. The number of carbonyl (C=O) groups is 3. The third-order valence-corrected chi connectivity index (χ3v) is 5.93. The number of fused-ring (bicyclic) bond motifs is 1. The van der Waals surface area contributed by atoms with Crippen molar-refractivity contribution in [3.8, 4) is 0 Å². The van der Waals surface area contributed by atoms with E-state index in [-0.39, 0.29) is 18.4 Å². The molecule has 2 aromatic rings. The quantitative estimate of drug-likeness (QED) is 0.788. The first kappa shape index (κ1) is 22.1. The molecular formula is C23H31N5O4. The van der Waals surface area contributed by atoms with E-state index in [9.17, 15) is 14.4 Å². The molecule has 0 saturated carbocycles. The van der Waals surface area contributed by atoms with Gasteiger partial charge in [-0.25, -0.2) is 14.1 Å². The first-order chi connectivity index (χ1) is 15.2.